The maximum Gasteiger partial charge on any atom is 0.310 e. The number of anilines is 1. The number of hydrogen-bond acceptors (Lipinski definition) is 5. The number of primary amides is 1. The number of carbonyl (C=O) groups is 2. The summed E-state index contributed by atoms with van der Waals surface area (Å²) in [5, 5.41) is 13.5. The Hall–Kier alpha value is -3.42. The largest absolute Gasteiger partial charge is 0.474 e. The van der Waals surface area contributed by atoms with Crippen LogP contribution < -0.4 is 15.8 Å². The lowest BCUT2D eigenvalue weighted by Gasteiger charge is -2.15. The molecule has 0 heterocycles. The average molecular weight is 329 g/mol. The van der Waals surface area contributed by atoms with Gasteiger partial charge < -0.3 is 15.8 Å². The first-order chi connectivity index (χ1) is 11.4. The highest BCUT2D eigenvalue weighted by Crippen LogP contribution is 2.27. The van der Waals surface area contributed by atoms with E-state index in [9.17, 15) is 19.7 Å². The van der Waals surface area contributed by atoms with Crippen molar-refractivity contribution in [1.29, 1.82) is 0 Å². The lowest BCUT2D eigenvalue weighted by atomic mass is 10.1. The van der Waals surface area contributed by atoms with Gasteiger partial charge in [-0.15, -0.1) is 0 Å². The number of nitrogens with zero attached hydrogens (tertiary/aromatic N) is 1. The van der Waals surface area contributed by atoms with Crippen molar-refractivity contribution >= 4 is 23.2 Å². The molecule has 0 fully saturated rings. The van der Waals surface area contributed by atoms with Gasteiger partial charge in [0.1, 0.15) is 0 Å². The van der Waals surface area contributed by atoms with Crippen molar-refractivity contribution in [3.8, 4) is 5.75 Å². The molecule has 1 unspecified atom stereocenters. The molecule has 2 rings (SSSR count). The first-order valence-corrected chi connectivity index (χ1v) is 7.00. The number of nitro groups is 1. The molecule has 0 bridgehead atoms. The molecule has 0 radical (unpaired) electrons. The van der Waals surface area contributed by atoms with Crippen molar-refractivity contribution in [3.05, 3.63) is 64.2 Å². The summed E-state index contributed by atoms with van der Waals surface area (Å²) < 4.78 is 5.37. The Morgan fingerprint density at radius 1 is 1.17 bits per heavy atom. The van der Waals surface area contributed by atoms with Gasteiger partial charge in [-0.05, 0) is 25.1 Å². The van der Waals surface area contributed by atoms with Crippen LogP contribution in [0.1, 0.15) is 17.3 Å². The van der Waals surface area contributed by atoms with Gasteiger partial charge in [-0.1, -0.05) is 24.3 Å². The highest BCUT2D eigenvalue weighted by Gasteiger charge is 2.21. The van der Waals surface area contributed by atoms with Gasteiger partial charge in [0.15, 0.2) is 11.9 Å². The third-order valence-corrected chi connectivity index (χ3v) is 3.19. The molecule has 24 heavy (non-hydrogen) atoms. The van der Waals surface area contributed by atoms with Crippen LogP contribution in [-0.2, 0) is 4.79 Å². The standard InChI is InChI=1S/C16H15N3O5/c1-10(24-14-9-5-4-8-13(14)19(22)23)16(21)18-12-7-3-2-6-11(12)15(17)20/h2-10H,1H3,(H2,17,20)(H,18,21). The van der Waals surface area contributed by atoms with E-state index < -0.39 is 22.8 Å². The van der Waals surface area contributed by atoms with E-state index in [0.29, 0.717) is 0 Å². The number of benzene rings is 2. The molecule has 2 amide bonds. The van der Waals surface area contributed by atoms with E-state index in [4.69, 9.17) is 10.5 Å². The molecule has 8 nitrogen and oxygen atoms in total. The van der Waals surface area contributed by atoms with Crippen molar-refractivity contribution in [3.63, 3.8) is 0 Å². The summed E-state index contributed by atoms with van der Waals surface area (Å²) in [7, 11) is 0. The second-order valence-corrected chi connectivity index (χ2v) is 4.88. The second kappa shape index (κ2) is 7.23. The van der Waals surface area contributed by atoms with Crippen LogP contribution in [0.2, 0.25) is 0 Å². The minimum atomic E-state index is -1.02. The Morgan fingerprint density at radius 3 is 2.46 bits per heavy atom. The van der Waals surface area contributed by atoms with Crippen LogP contribution in [0.5, 0.6) is 5.75 Å². The maximum absolute atomic E-state index is 12.2. The SMILES string of the molecule is CC(Oc1ccccc1[N+](=O)[O-])C(=O)Nc1ccccc1C(N)=O. The van der Waals surface area contributed by atoms with E-state index in [1.807, 2.05) is 0 Å². The Labute approximate surface area is 137 Å². The topological polar surface area (TPSA) is 125 Å². The molecule has 8 heteroatoms. The molecule has 0 saturated carbocycles. The molecule has 3 N–H and O–H groups in total. The van der Waals surface area contributed by atoms with Gasteiger partial charge in [-0.25, -0.2) is 0 Å². The van der Waals surface area contributed by atoms with Crippen molar-refractivity contribution in [1.82, 2.24) is 0 Å². The quantitative estimate of drug-likeness (QED) is 0.620. The molecule has 0 aliphatic carbocycles. The van der Waals surface area contributed by atoms with Crippen LogP contribution >= 0.6 is 0 Å². The molecule has 1 atom stereocenters. The number of rotatable bonds is 6. The Morgan fingerprint density at radius 2 is 1.79 bits per heavy atom. The minimum Gasteiger partial charge on any atom is -0.474 e. The zero-order valence-corrected chi connectivity index (χ0v) is 12.8. The van der Waals surface area contributed by atoms with E-state index in [0.717, 1.165) is 0 Å². The zero-order valence-electron chi connectivity index (χ0n) is 12.8. The summed E-state index contributed by atoms with van der Waals surface area (Å²) in [5.41, 5.74) is 5.41. The predicted molar refractivity (Wildman–Crippen MR) is 86.8 cm³/mol. The fraction of sp³-hybridized carbons (Fsp3) is 0.125. The normalized spacial score (nSPS) is 11.4. The first kappa shape index (κ1) is 16.9. The molecule has 2 aromatic rings. The predicted octanol–water partition coefficient (Wildman–Crippen LogP) is 2.10. The molecule has 0 saturated heterocycles. The van der Waals surface area contributed by atoms with Gasteiger partial charge >= 0.3 is 5.69 Å². The van der Waals surface area contributed by atoms with Crippen molar-refractivity contribution in [2.24, 2.45) is 5.73 Å². The van der Waals surface area contributed by atoms with Crippen LogP contribution in [0.15, 0.2) is 48.5 Å². The Kier molecular flexibility index (Phi) is 5.10. The number of para-hydroxylation sites is 3. The number of nitro benzene ring substituents is 1. The van der Waals surface area contributed by atoms with E-state index in [-0.39, 0.29) is 22.7 Å². The molecule has 0 aliphatic rings. The maximum atomic E-state index is 12.2. The summed E-state index contributed by atoms with van der Waals surface area (Å²) in [6.45, 7) is 1.44. The number of nitrogens with one attached hydrogen (secondary N) is 1. The van der Waals surface area contributed by atoms with Gasteiger partial charge in [0.2, 0.25) is 0 Å². The average Bonchev–Trinajstić information content (AvgIpc) is 2.55. The highest BCUT2D eigenvalue weighted by molar-refractivity contribution is 6.03. The first-order valence-electron chi connectivity index (χ1n) is 7.00. The zero-order chi connectivity index (χ0) is 17.7. The van der Waals surface area contributed by atoms with Crippen LogP contribution in [-0.4, -0.2) is 22.8 Å². The number of nitrogens with two attached hydrogens (primary N) is 1. The number of amides is 2. The lowest BCUT2D eigenvalue weighted by molar-refractivity contribution is -0.386. The number of ether oxygens (including phenoxy) is 1. The van der Waals surface area contributed by atoms with Crippen LogP contribution in [0.3, 0.4) is 0 Å². The molecular formula is C16H15N3O5. The minimum absolute atomic E-state index is 0.0201. The molecule has 2 aromatic carbocycles. The Balaban J connectivity index is 2.14. The van der Waals surface area contributed by atoms with Crippen molar-refractivity contribution in [2.45, 2.75) is 13.0 Å². The van der Waals surface area contributed by atoms with Crippen LogP contribution in [0, 0.1) is 10.1 Å². The fourth-order valence-corrected chi connectivity index (χ4v) is 1.99. The smallest absolute Gasteiger partial charge is 0.310 e. The van der Waals surface area contributed by atoms with Gasteiger partial charge in [-0.3, -0.25) is 19.7 Å². The molecular weight excluding hydrogens is 314 g/mol. The summed E-state index contributed by atoms with van der Waals surface area (Å²) in [5.74, 6) is -1.27. The second-order valence-electron chi connectivity index (χ2n) is 4.88. The van der Waals surface area contributed by atoms with E-state index in [1.54, 1.807) is 18.2 Å². The highest BCUT2D eigenvalue weighted by atomic mass is 16.6. The molecule has 0 spiro atoms. The fourth-order valence-electron chi connectivity index (χ4n) is 1.99. The van der Waals surface area contributed by atoms with Crippen LogP contribution in [0.4, 0.5) is 11.4 Å². The van der Waals surface area contributed by atoms with E-state index in [2.05, 4.69) is 5.32 Å². The number of hydrogen-bond donors (Lipinski definition) is 2. The van der Waals surface area contributed by atoms with Gasteiger partial charge in [0.25, 0.3) is 11.8 Å². The van der Waals surface area contributed by atoms with Gasteiger partial charge in [0, 0.05) is 6.07 Å². The van der Waals surface area contributed by atoms with E-state index in [1.165, 1.54) is 37.3 Å². The third-order valence-electron chi connectivity index (χ3n) is 3.19. The molecule has 124 valence electrons. The van der Waals surface area contributed by atoms with E-state index >= 15 is 0 Å². The summed E-state index contributed by atoms with van der Waals surface area (Å²) in [4.78, 5) is 33.9. The summed E-state index contributed by atoms with van der Waals surface area (Å²) >= 11 is 0. The van der Waals surface area contributed by atoms with Crippen molar-refractivity contribution in [2.75, 3.05) is 5.32 Å². The summed E-state index contributed by atoms with van der Waals surface area (Å²) in [6.07, 6.45) is -1.02. The van der Waals surface area contributed by atoms with Crippen LogP contribution in [0.25, 0.3) is 0 Å². The van der Waals surface area contributed by atoms with Gasteiger partial charge in [-0.2, -0.15) is 0 Å². The molecule has 0 aliphatic heterocycles. The molecule has 0 aromatic heterocycles. The third kappa shape index (κ3) is 3.86. The number of carbonyl (C=O) groups excluding carboxylic acids is 2. The summed E-state index contributed by atoms with van der Waals surface area (Å²) in [6, 6.07) is 12.0. The monoisotopic (exact) mass is 329 g/mol. The Bertz CT molecular complexity index is 791. The lowest BCUT2D eigenvalue weighted by Crippen LogP contribution is -2.31. The van der Waals surface area contributed by atoms with Crippen molar-refractivity contribution < 1.29 is 19.2 Å². The van der Waals surface area contributed by atoms with Gasteiger partial charge in [0.05, 0.1) is 16.2 Å².